The average Bonchev–Trinajstić information content (AvgIpc) is 3.05. The molecule has 8 heteroatoms. The molecular weight excluding hydrogens is 384 g/mol. The highest BCUT2D eigenvalue weighted by atomic mass is 16.6. The molecule has 8 nitrogen and oxygen atoms in total. The third kappa shape index (κ3) is 3.16. The number of non-ortho nitro benzene ring substituents is 1. The maximum atomic E-state index is 13.0. The van der Waals surface area contributed by atoms with Gasteiger partial charge < -0.3 is 9.30 Å². The van der Waals surface area contributed by atoms with Crippen molar-refractivity contribution in [1.82, 2.24) is 9.13 Å². The van der Waals surface area contributed by atoms with Crippen molar-refractivity contribution in [1.29, 1.82) is 5.26 Å². The third-order valence-electron chi connectivity index (χ3n) is 4.80. The van der Waals surface area contributed by atoms with Gasteiger partial charge in [-0.15, -0.1) is 0 Å². The number of rotatable bonds is 3. The van der Waals surface area contributed by atoms with E-state index in [0.717, 1.165) is 10.9 Å². The predicted molar refractivity (Wildman–Crippen MR) is 115 cm³/mol. The van der Waals surface area contributed by atoms with Gasteiger partial charge in [-0.1, -0.05) is 13.8 Å². The van der Waals surface area contributed by atoms with Gasteiger partial charge in [-0.2, -0.15) is 5.26 Å². The lowest BCUT2D eigenvalue weighted by Crippen LogP contribution is -2.21. The van der Waals surface area contributed by atoms with Crippen molar-refractivity contribution < 1.29 is 9.66 Å². The molecule has 0 saturated carbocycles. The fourth-order valence-corrected chi connectivity index (χ4v) is 3.41. The smallest absolute Gasteiger partial charge is 0.273 e. The largest absolute Gasteiger partial charge is 0.497 e. The van der Waals surface area contributed by atoms with E-state index in [1.54, 1.807) is 19.2 Å². The molecule has 0 fully saturated rings. The van der Waals surface area contributed by atoms with E-state index in [1.807, 2.05) is 43.7 Å². The second kappa shape index (κ2) is 8.09. The maximum Gasteiger partial charge on any atom is 0.273 e. The van der Waals surface area contributed by atoms with Crippen LogP contribution in [0, 0.1) is 21.4 Å². The van der Waals surface area contributed by atoms with Gasteiger partial charge in [-0.05, 0) is 30.3 Å². The lowest BCUT2D eigenvalue weighted by atomic mass is 10.1. The Morgan fingerprint density at radius 1 is 1.07 bits per heavy atom. The van der Waals surface area contributed by atoms with E-state index >= 15 is 0 Å². The van der Waals surface area contributed by atoms with E-state index in [4.69, 9.17) is 4.74 Å². The number of aromatic nitrogens is 2. The molecule has 4 aromatic rings. The number of hydrogen-bond acceptors (Lipinski definition) is 5. The summed E-state index contributed by atoms with van der Waals surface area (Å²) in [5, 5.41) is 21.2. The average molecular weight is 404 g/mol. The molecule has 0 spiro atoms. The number of hydrogen-bond donors (Lipinski definition) is 0. The van der Waals surface area contributed by atoms with Gasteiger partial charge in [0.15, 0.2) is 0 Å². The standard InChI is InChI=1S/C20H14N4O4.C2H6/c1-22-17-10-15(28-2)7-8-16(17)19-18(22)9-12(11-21)20(25)23(19)13-3-5-14(6-4-13)24(26)27;1-2/h3-10H,1-2H3;1-2H3. The molecule has 0 N–H and O–H groups in total. The van der Waals surface area contributed by atoms with E-state index in [2.05, 4.69) is 0 Å². The Morgan fingerprint density at radius 3 is 2.30 bits per heavy atom. The van der Waals surface area contributed by atoms with E-state index in [9.17, 15) is 20.2 Å². The first-order chi connectivity index (χ1) is 14.5. The highest BCUT2D eigenvalue weighted by Gasteiger charge is 2.18. The number of nitro benzene ring substituents is 1. The highest BCUT2D eigenvalue weighted by Crippen LogP contribution is 2.32. The lowest BCUT2D eigenvalue weighted by molar-refractivity contribution is -0.384. The van der Waals surface area contributed by atoms with Crippen LogP contribution in [-0.2, 0) is 7.05 Å². The Kier molecular flexibility index (Phi) is 5.56. The van der Waals surface area contributed by atoms with Crippen LogP contribution < -0.4 is 10.3 Å². The summed E-state index contributed by atoms with van der Waals surface area (Å²) in [5.74, 6) is 0.670. The van der Waals surface area contributed by atoms with Crippen molar-refractivity contribution in [2.45, 2.75) is 13.8 Å². The number of ether oxygens (including phenoxy) is 1. The summed E-state index contributed by atoms with van der Waals surface area (Å²) in [4.78, 5) is 23.4. The zero-order valence-corrected chi connectivity index (χ0v) is 17.0. The SMILES string of the molecule is CC.COc1ccc2c3c(cc(C#N)c(=O)n3-c3ccc([N+](=O)[O-])cc3)n(C)c2c1. The number of nitrogens with zero attached hydrogens (tertiary/aromatic N) is 4. The molecule has 0 unspecified atom stereocenters. The topological polar surface area (TPSA) is 103 Å². The second-order valence-electron chi connectivity index (χ2n) is 6.26. The van der Waals surface area contributed by atoms with Gasteiger partial charge in [-0.25, -0.2) is 0 Å². The first kappa shape index (κ1) is 20.6. The predicted octanol–water partition coefficient (Wildman–Crippen LogP) is 4.30. The number of benzene rings is 2. The van der Waals surface area contributed by atoms with Crippen LogP contribution in [0.15, 0.2) is 53.3 Å². The minimum atomic E-state index is -0.502. The number of methoxy groups -OCH3 is 1. The Morgan fingerprint density at radius 2 is 1.73 bits per heavy atom. The van der Waals surface area contributed by atoms with Crippen LogP contribution in [0.1, 0.15) is 19.4 Å². The van der Waals surface area contributed by atoms with Crippen LogP contribution in [0.3, 0.4) is 0 Å². The molecule has 0 saturated heterocycles. The van der Waals surface area contributed by atoms with Crippen LogP contribution in [0.4, 0.5) is 5.69 Å². The Bertz CT molecular complexity index is 1360. The second-order valence-corrected chi connectivity index (χ2v) is 6.26. The monoisotopic (exact) mass is 404 g/mol. The minimum Gasteiger partial charge on any atom is -0.497 e. The van der Waals surface area contributed by atoms with Crippen molar-refractivity contribution >= 4 is 27.6 Å². The fourth-order valence-electron chi connectivity index (χ4n) is 3.41. The fraction of sp³-hybridized carbons (Fsp3) is 0.182. The zero-order valence-electron chi connectivity index (χ0n) is 17.0. The van der Waals surface area contributed by atoms with Crippen molar-refractivity contribution in [2.24, 2.45) is 7.05 Å². The molecule has 0 aliphatic heterocycles. The Labute approximate surface area is 172 Å². The Hall–Kier alpha value is -4.12. The van der Waals surface area contributed by atoms with Gasteiger partial charge in [0.05, 0.1) is 28.6 Å². The molecule has 4 rings (SSSR count). The van der Waals surface area contributed by atoms with Crippen molar-refractivity contribution in [3.8, 4) is 17.5 Å². The number of aryl methyl sites for hydroxylation is 1. The highest BCUT2D eigenvalue weighted by molar-refractivity contribution is 6.07. The van der Waals surface area contributed by atoms with E-state index in [-0.39, 0.29) is 11.3 Å². The van der Waals surface area contributed by atoms with Crippen LogP contribution in [0.5, 0.6) is 5.75 Å². The molecule has 0 atom stereocenters. The number of pyridine rings is 1. The van der Waals surface area contributed by atoms with Crippen molar-refractivity contribution in [3.05, 3.63) is 74.6 Å². The van der Waals surface area contributed by atoms with Gasteiger partial charge in [0, 0.05) is 36.3 Å². The third-order valence-corrected chi connectivity index (χ3v) is 4.80. The zero-order chi connectivity index (χ0) is 22.0. The van der Waals surface area contributed by atoms with Crippen LogP contribution >= 0.6 is 0 Å². The first-order valence-electron chi connectivity index (χ1n) is 9.33. The van der Waals surface area contributed by atoms with Crippen molar-refractivity contribution in [3.63, 3.8) is 0 Å². The molecule has 0 radical (unpaired) electrons. The molecular formula is C22H20N4O4. The molecule has 0 aliphatic rings. The van der Waals surface area contributed by atoms with Crippen LogP contribution in [0.25, 0.3) is 27.6 Å². The summed E-state index contributed by atoms with van der Waals surface area (Å²) in [7, 11) is 3.42. The normalized spacial score (nSPS) is 10.4. The maximum absolute atomic E-state index is 13.0. The molecule has 0 amide bonds. The lowest BCUT2D eigenvalue weighted by Gasteiger charge is -2.09. The van der Waals surface area contributed by atoms with E-state index < -0.39 is 10.5 Å². The number of nitro groups is 1. The van der Waals surface area contributed by atoms with Gasteiger partial charge >= 0.3 is 0 Å². The van der Waals surface area contributed by atoms with Gasteiger partial charge in [0.2, 0.25) is 0 Å². The summed E-state index contributed by atoms with van der Waals surface area (Å²) in [5.41, 5.74) is 2.03. The minimum absolute atomic E-state index is 0.0104. The molecule has 2 aromatic carbocycles. The van der Waals surface area contributed by atoms with Gasteiger partial charge in [0.1, 0.15) is 17.4 Å². The summed E-state index contributed by atoms with van der Waals surface area (Å²) in [6, 6.07) is 14.7. The Balaban J connectivity index is 0.00000124. The summed E-state index contributed by atoms with van der Waals surface area (Å²) in [6.07, 6.45) is 0. The molecule has 152 valence electrons. The number of nitriles is 1. The molecule has 0 aliphatic carbocycles. The van der Waals surface area contributed by atoms with E-state index in [1.165, 1.54) is 28.8 Å². The summed E-state index contributed by atoms with van der Waals surface area (Å²) >= 11 is 0. The van der Waals surface area contributed by atoms with Crippen LogP contribution in [-0.4, -0.2) is 21.2 Å². The quantitative estimate of drug-likeness (QED) is 0.374. The summed E-state index contributed by atoms with van der Waals surface area (Å²) < 4.78 is 8.60. The number of fused-ring (bicyclic) bond motifs is 3. The van der Waals surface area contributed by atoms with Crippen molar-refractivity contribution in [2.75, 3.05) is 7.11 Å². The molecule has 0 bridgehead atoms. The molecule has 30 heavy (non-hydrogen) atoms. The van der Waals surface area contributed by atoms with Gasteiger partial charge in [0.25, 0.3) is 11.2 Å². The van der Waals surface area contributed by atoms with Crippen LogP contribution in [0.2, 0.25) is 0 Å². The van der Waals surface area contributed by atoms with Gasteiger partial charge in [-0.3, -0.25) is 19.5 Å². The molecule has 2 heterocycles. The molecule has 2 aromatic heterocycles. The summed E-state index contributed by atoms with van der Waals surface area (Å²) in [6.45, 7) is 4.00. The van der Waals surface area contributed by atoms with E-state index in [0.29, 0.717) is 22.5 Å². The first-order valence-corrected chi connectivity index (χ1v) is 9.33.